The molecule has 0 spiro atoms. The number of benzene rings is 2. The summed E-state index contributed by atoms with van der Waals surface area (Å²) in [5, 5.41) is 2.89. The molecule has 9 heteroatoms. The first kappa shape index (κ1) is 23.6. The van der Waals surface area contributed by atoms with Crippen LogP contribution in [0.2, 0.25) is 0 Å². The molecule has 0 atom stereocenters. The van der Waals surface area contributed by atoms with Gasteiger partial charge in [0.05, 0.1) is 20.3 Å². The van der Waals surface area contributed by atoms with Crippen LogP contribution in [0.3, 0.4) is 0 Å². The van der Waals surface area contributed by atoms with E-state index in [1.54, 1.807) is 28.0 Å². The first-order valence-electron chi connectivity index (χ1n) is 11.4. The van der Waals surface area contributed by atoms with Crippen LogP contribution in [0.4, 0.5) is 5.69 Å². The molecule has 0 bridgehead atoms. The molecule has 0 saturated carbocycles. The van der Waals surface area contributed by atoms with E-state index in [1.807, 2.05) is 24.3 Å². The maximum absolute atomic E-state index is 12.7. The summed E-state index contributed by atoms with van der Waals surface area (Å²) in [6.07, 6.45) is 1.48. The molecule has 1 N–H and O–H groups in total. The number of methoxy groups -OCH3 is 1. The molecule has 0 aliphatic carbocycles. The average Bonchev–Trinajstić information content (AvgIpc) is 3.32. The molecule has 4 rings (SSSR count). The summed E-state index contributed by atoms with van der Waals surface area (Å²) in [6, 6.07) is 12.5. The molecule has 0 unspecified atom stereocenters. The van der Waals surface area contributed by atoms with E-state index in [2.05, 4.69) is 5.32 Å². The standard InChI is InChI=1S/C25H29N3O6/c1-32-22-15-19(6-9-21(22)34-17-24(30)27-11-13-33-14-12-27)25(31)26-16-18-4-7-20(8-5-18)28-10-2-3-23(28)29/h4-9,15H,2-3,10-14,16-17H2,1H3,(H,26,31). The van der Waals surface area contributed by atoms with Crippen LogP contribution in [0.5, 0.6) is 11.5 Å². The van der Waals surface area contributed by atoms with Crippen molar-refractivity contribution in [2.24, 2.45) is 0 Å². The molecule has 3 amide bonds. The quantitative estimate of drug-likeness (QED) is 0.638. The van der Waals surface area contributed by atoms with Crippen LogP contribution >= 0.6 is 0 Å². The van der Waals surface area contributed by atoms with Gasteiger partial charge in [-0.25, -0.2) is 0 Å². The zero-order valence-corrected chi connectivity index (χ0v) is 19.2. The second-order valence-electron chi connectivity index (χ2n) is 8.15. The van der Waals surface area contributed by atoms with E-state index in [1.165, 1.54) is 7.11 Å². The summed E-state index contributed by atoms with van der Waals surface area (Å²) >= 11 is 0. The lowest BCUT2D eigenvalue weighted by Crippen LogP contribution is -2.43. The number of hydrogen-bond acceptors (Lipinski definition) is 6. The van der Waals surface area contributed by atoms with E-state index in [9.17, 15) is 14.4 Å². The summed E-state index contributed by atoms with van der Waals surface area (Å²) in [4.78, 5) is 40.3. The fourth-order valence-electron chi connectivity index (χ4n) is 3.97. The fraction of sp³-hybridized carbons (Fsp3) is 0.400. The molecule has 2 aromatic carbocycles. The second kappa shape index (κ2) is 11.0. The molecular weight excluding hydrogens is 438 g/mol. The van der Waals surface area contributed by atoms with Gasteiger partial charge in [0, 0.05) is 43.9 Å². The molecule has 180 valence electrons. The normalized spacial score (nSPS) is 15.9. The van der Waals surface area contributed by atoms with Crippen molar-refractivity contribution in [1.82, 2.24) is 10.2 Å². The van der Waals surface area contributed by atoms with Crippen LogP contribution in [-0.2, 0) is 20.9 Å². The number of hydrogen-bond donors (Lipinski definition) is 1. The molecule has 0 radical (unpaired) electrons. The monoisotopic (exact) mass is 467 g/mol. The lowest BCUT2D eigenvalue weighted by atomic mass is 10.1. The molecular formula is C25H29N3O6. The van der Waals surface area contributed by atoms with Gasteiger partial charge in [0.2, 0.25) is 5.91 Å². The van der Waals surface area contributed by atoms with Crippen molar-refractivity contribution in [3.63, 3.8) is 0 Å². The highest BCUT2D eigenvalue weighted by Crippen LogP contribution is 2.28. The van der Waals surface area contributed by atoms with E-state index in [0.717, 1.165) is 24.2 Å². The maximum Gasteiger partial charge on any atom is 0.260 e. The van der Waals surface area contributed by atoms with Crippen LogP contribution in [-0.4, -0.2) is 69.2 Å². The van der Waals surface area contributed by atoms with Crippen molar-refractivity contribution in [1.29, 1.82) is 0 Å². The number of morpholine rings is 1. The Bertz CT molecular complexity index is 1030. The van der Waals surface area contributed by atoms with Crippen LogP contribution in [0, 0.1) is 0 Å². The molecule has 2 aliphatic heterocycles. The Kier molecular flexibility index (Phi) is 7.64. The number of nitrogens with one attached hydrogen (secondary N) is 1. The van der Waals surface area contributed by atoms with Gasteiger partial charge in [-0.2, -0.15) is 0 Å². The Labute approximate surface area is 198 Å². The SMILES string of the molecule is COc1cc(C(=O)NCc2ccc(N3CCCC3=O)cc2)ccc1OCC(=O)N1CCOCC1. The Morgan fingerprint density at radius 1 is 1.03 bits per heavy atom. The van der Waals surface area contributed by atoms with Crippen molar-refractivity contribution in [3.8, 4) is 11.5 Å². The maximum atomic E-state index is 12.7. The smallest absolute Gasteiger partial charge is 0.260 e. The van der Waals surface area contributed by atoms with Crippen LogP contribution < -0.4 is 19.7 Å². The Morgan fingerprint density at radius 2 is 1.79 bits per heavy atom. The van der Waals surface area contributed by atoms with Crippen molar-refractivity contribution >= 4 is 23.4 Å². The minimum Gasteiger partial charge on any atom is -0.493 e. The highest BCUT2D eigenvalue weighted by Gasteiger charge is 2.21. The number of amides is 3. The molecule has 2 fully saturated rings. The van der Waals surface area contributed by atoms with Crippen molar-refractivity contribution in [2.45, 2.75) is 19.4 Å². The number of ether oxygens (including phenoxy) is 3. The number of anilines is 1. The Hall–Kier alpha value is -3.59. The molecule has 2 aromatic rings. The molecule has 2 saturated heterocycles. The number of rotatable bonds is 8. The first-order chi connectivity index (χ1) is 16.5. The molecule has 34 heavy (non-hydrogen) atoms. The minimum atomic E-state index is -0.256. The Morgan fingerprint density at radius 3 is 2.47 bits per heavy atom. The lowest BCUT2D eigenvalue weighted by molar-refractivity contribution is -0.137. The van der Waals surface area contributed by atoms with Gasteiger partial charge in [0.25, 0.3) is 11.8 Å². The number of nitrogens with zero attached hydrogens (tertiary/aromatic N) is 2. The summed E-state index contributed by atoms with van der Waals surface area (Å²) in [5.41, 5.74) is 2.23. The van der Waals surface area contributed by atoms with E-state index in [0.29, 0.717) is 56.3 Å². The average molecular weight is 468 g/mol. The predicted octanol–water partition coefficient (Wildman–Crippen LogP) is 1.99. The minimum absolute atomic E-state index is 0.110. The fourth-order valence-corrected chi connectivity index (χ4v) is 3.97. The van der Waals surface area contributed by atoms with Crippen LogP contribution in [0.15, 0.2) is 42.5 Å². The van der Waals surface area contributed by atoms with Gasteiger partial charge in [0.1, 0.15) is 0 Å². The summed E-state index contributed by atoms with van der Waals surface area (Å²) in [6.45, 7) is 3.15. The topological polar surface area (TPSA) is 97.4 Å². The lowest BCUT2D eigenvalue weighted by Gasteiger charge is -2.26. The highest BCUT2D eigenvalue weighted by atomic mass is 16.5. The molecule has 0 aromatic heterocycles. The van der Waals surface area contributed by atoms with E-state index in [4.69, 9.17) is 14.2 Å². The first-order valence-corrected chi connectivity index (χ1v) is 11.4. The van der Waals surface area contributed by atoms with E-state index in [-0.39, 0.29) is 24.3 Å². The van der Waals surface area contributed by atoms with E-state index >= 15 is 0 Å². The Balaban J connectivity index is 1.31. The second-order valence-corrected chi connectivity index (χ2v) is 8.15. The third kappa shape index (κ3) is 5.66. The van der Waals surface area contributed by atoms with Gasteiger partial charge in [-0.15, -0.1) is 0 Å². The third-order valence-corrected chi connectivity index (χ3v) is 5.92. The van der Waals surface area contributed by atoms with Crippen molar-refractivity contribution in [3.05, 3.63) is 53.6 Å². The largest absolute Gasteiger partial charge is 0.493 e. The molecule has 9 nitrogen and oxygen atoms in total. The van der Waals surface area contributed by atoms with Gasteiger partial charge < -0.3 is 29.3 Å². The number of carbonyl (C=O) groups excluding carboxylic acids is 3. The zero-order valence-electron chi connectivity index (χ0n) is 19.2. The van der Waals surface area contributed by atoms with Gasteiger partial charge >= 0.3 is 0 Å². The predicted molar refractivity (Wildman–Crippen MR) is 125 cm³/mol. The summed E-state index contributed by atoms with van der Waals surface area (Å²) < 4.78 is 16.3. The summed E-state index contributed by atoms with van der Waals surface area (Å²) in [7, 11) is 1.49. The highest BCUT2D eigenvalue weighted by molar-refractivity contribution is 5.95. The van der Waals surface area contributed by atoms with Crippen molar-refractivity contribution in [2.75, 3.05) is 51.5 Å². The molecule has 2 aliphatic rings. The zero-order chi connectivity index (χ0) is 23.9. The molecule has 2 heterocycles. The van der Waals surface area contributed by atoms with Crippen LogP contribution in [0.1, 0.15) is 28.8 Å². The van der Waals surface area contributed by atoms with Gasteiger partial charge in [0.15, 0.2) is 18.1 Å². The van der Waals surface area contributed by atoms with Gasteiger partial charge in [-0.1, -0.05) is 12.1 Å². The van der Waals surface area contributed by atoms with E-state index < -0.39 is 0 Å². The van der Waals surface area contributed by atoms with Gasteiger partial charge in [-0.3, -0.25) is 14.4 Å². The summed E-state index contributed by atoms with van der Waals surface area (Å²) in [5.74, 6) is 0.544. The third-order valence-electron chi connectivity index (χ3n) is 5.92. The van der Waals surface area contributed by atoms with Crippen molar-refractivity contribution < 1.29 is 28.6 Å². The number of carbonyl (C=O) groups is 3. The van der Waals surface area contributed by atoms with Gasteiger partial charge in [-0.05, 0) is 42.3 Å². The van der Waals surface area contributed by atoms with Crippen LogP contribution in [0.25, 0.3) is 0 Å².